The van der Waals surface area contributed by atoms with Gasteiger partial charge in [-0.25, -0.2) is 4.39 Å². The number of hydrogen-bond donors (Lipinski definition) is 2. The summed E-state index contributed by atoms with van der Waals surface area (Å²) in [7, 11) is 0. The Morgan fingerprint density at radius 1 is 0.912 bits per heavy atom. The van der Waals surface area contributed by atoms with Crippen LogP contribution in [0.15, 0.2) is 84.9 Å². The van der Waals surface area contributed by atoms with Gasteiger partial charge in [0.15, 0.2) is 0 Å². The van der Waals surface area contributed by atoms with Crippen molar-refractivity contribution in [3.63, 3.8) is 0 Å². The maximum atomic E-state index is 13.7. The third kappa shape index (κ3) is 4.36. The zero-order chi connectivity index (χ0) is 23.7. The Hall–Kier alpha value is -4.52. The highest BCUT2D eigenvalue weighted by atomic mass is 19.1. The zero-order valence-corrected chi connectivity index (χ0v) is 18.0. The van der Waals surface area contributed by atoms with Crippen LogP contribution in [0, 0.1) is 5.82 Å². The van der Waals surface area contributed by atoms with Crippen molar-refractivity contribution in [2.24, 2.45) is 0 Å². The number of aliphatic carboxylic acids is 1. The van der Waals surface area contributed by atoms with Crippen LogP contribution >= 0.6 is 0 Å². The Morgan fingerprint density at radius 2 is 1.68 bits per heavy atom. The molecule has 0 saturated carbocycles. The van der Waals surface area contributed by atoms with Crippen molar-refractivity contribution < 1.29 is 19.1 Å². The lowest BCUT2D eigenvalue weighted by atomic mass is 10.1. The molecule has 0 unspecified atom stereocenters. The summed E-state index contributed by atoms with van der Waals surface area (Å²) in [6.07, 6.45) is -0.285. The number of halogens is 1. The zero-order valence-electron chi connectivity index (χ0n) is 18.0. The number of nitrogens with one attached hydrogen (secondary N) is 1. The van der Waals surface area contributed by atoms with Crippen LogP contribution in [0.2, 0.25) is 0 Å². The molecule has 0 atom stereocenters. The van der Waals surface area contributed by atoms with Crippen LogP contribution in [0.1, 0.15) is 21.6 Å². The standard InChI is InChI=1S/C27H20FN3O3/c28-21-9-12-25-23(14-21)24(15-26(32)33)30-31(25)16-17-5-10-22(11-6-17)29-27(34)20-8-7-18-3-1-2-4-19(18)13-20/h1-14H,15-16H2,(H,29,34)(H,32,33). The number of carbonyl (C=O) groups excluding carboxylic acids is 1. The molecule has 2 N–H and O–H groups in total. The average molecular weight is 453 g/mol. The van der Waals surface area contributed by atoms with Gasteiger partial charge in [0.1, 0.15) is 5.82 Å². The van der Waals surface area contributed by atoms with Crippen molar-refractivity contribution >= 4 is 39.2 Å². The topological polar surface area (TPSA) is 84.2 Å². The number of carboxylic acid groups (broad SMARTS) is 1. The smallest absolute Gasteiger partial charge is 0.309 e. The molecule has 0 aliphatic carbocycles. The number of fused-ring (bicyclic) bond motifs is 2. The number of carbonyl (C=O) groups is 2. The lowest BCUT2D eigenvalue weighted by Gasteiger charge is -2.08. The fourth-order valence-electron chi connectivity index (χ4n) is 4.01. The van der Waals surface area contributed by atoms with Crippen LogP contribution in [0.4, 0.5) is 10.1 Å². The minimum Gasteiger partial charge on any atom is -0.481 e. The highest BCUT2D eigenvalue weighted by molar-refractivity contribution is 6.06. The van der Waals surface area contributed by atoms with E-state index in [0.717, 1.165) is 16.3 Å². The molecule has 0 bridgehead atoms. The SMILES string of the molecule is O=C(O)Cc1nn(Cc2ccc(NC(=O)c3ccc4ccccc4c3)cc2)c2ccc(F)cc12. The molecule has 5 rings (SSSR count). The van der Waals surface area contributed by atoms with Crippen molar-refractivity contribution in [2.75, 3.05) is 5.32 Å². The van der Waals surface area contributed by atoms with Crippen LogP contribution < -0.4 is 5.32 Å². The number of amides is 1. The molecule has 168 valence electrons. The van der Waals surface area contributed by atoms with Gasteiger partial charge < -0.3 is 10.4 Å². The van der Waals surface area contributed by atoms with Crippen molar-refractivity contribution in [3.8, 4) is 0 Å². The molecule has 5 aromatic rings. The number of aromatic nitrogens is 2. The monoisotopic (exact) mass is 453 g/mol. The molecule has 6 nitrogen and oxygen atoms in total. The number of nitrogens with zero attached hydrogens (tertiary/aromatic N) is 2. The second kappa shape index (κ2) is 8.78. The summed E-state index contributed by atoms with van der Waals surface area (Å²) >= 11 is 0. The molecule has 34 heavy (non-hydrogen) atoms. The molecule has 0 aliphatic rings. The van der Waals surface area contributed by atoms with E-state index in [1.807, 2.05) is 48.5 Å². The number of benzene rings is 4. The van der Waals surface area contributed by atoms with Gasteiger partial charge in [-0.15, -0.1) is 0 Å². The fraction of sp³-hybridized carbons (Fsp3) is 0.0741. The maximum absolute atomic E-state index is 13.7. The first-order valence-electron chi connectivity index (χ1n) is 10.7. The van der Waals surface area contributed by atoms with Gasteiger partial charge in [0.05, 0.1) is 24.2 Å². The third-order valence-electron chi connectivity index (χ3n) is 5.66. The molecule has 1 aromatic heterocycles. The van der Waals surface area contributed by atoms with Crippen LogP contribution in [0.25, 0.3) is 21.7 Å². The molecular weight excluding hydrogens is 433 g/mol. The Morgan fingerprint density at radius 3 is 2.44 bits per heavy atom. The summed E-state index contributed by atoms with van der Waals surface area (Å²) < 4.78 is 15.4. The van der Waals surface area contributed by atoms with Gasteiger partial charge in [-0.1, -0.05) is 42.5 Å². The van der Waals surface area contributed by atoms with Crippen molar-refractivity contribution in [1.82, 2.24) is 9.78 Å². The van der Waals surface area contributed by atoms with Gasteiger partial charge >= 0.3 is 5.97 Å². The Balaban J connectivity index is 1.34. The van der Waals surface area contributed by atoms with Crippen LogP contribution in [0.5, 0.6) is 0 Å². The first-order chi connectivity index (χ1) is 16.5. The Bertz CT molecular complexity index is 1540. The lowest BCUT2D eigenvalue weighted by Crippen LogP contribution is -2.12. The normalized spacial score (nSPS) is 11.1. The summed E-state index contributed by atoms with van der Waals surface area (Å²) in [6, 6.07) is 25.0. The number of hydrogen-bond acceptors (Lipinski definition) is 3. The number of carboxylic acids is 1. The predicted molar refractivity (Wildman–Crippen MR) is 128 cm³/mol. The molecule has 0 radical (unpaired) electrons. The van der Waals surface area contributed by atoms with E-state index in [4.69, 9.17) is 5.11 Å². The summed E-state index contributed by atoms with van der Waals surface area (Å²) in [5, 5.41) is 19.0. The van der Waals surface area contributed by atoms with E-state index in [-0.39, 0.29) is 12.3 Å². The van der Waals surface area contributed by atoms with Crippen molar-refractivity contribution in [3.05, 3.63) is 108 Å². The first-order valence-corrected chi connectivity index (χ1v) is 10.7. The van der Waals surface area contributed by atoms with Gasteiger partial charge in [-0.05, 0) is 58.8 Å². The van der Waals surface area contributed by atoms with E-state index in [9.17, 15) is 14.0 Å². The molecule has 0 aliphatic heterocycles. The van der Waals surface area contributed by atoms with Crippen LogP contribution in [0.3, 0.4) is 0 Å². The number of rotatable bonds is 6. The molecule has 0 saturated heterocycles. The molecule has 4 aromatic carbocycles. The summed E-state index contributed by atoms with van der Waals surface area (Å²) in [5.74, 6) is -1.66. The van der Waals surface area contributed by atoms with Gasteiger partial charge in [-0.3, -0.25) is 14.3 Å². The molecule has 0 fully saturated rings. The van der Waals surface area contributed by atoms with Gasteiger partial charge in [-0.2, -0.15) is 5.10 Å². The predicted octanol–water partition coefficient (Wildman–Crippen LogP) is 5.26. The summed E-state index contributed by atoms with van der Waals surface area (Å²) in [5.41, 5.74) is 3.11. The average Bonchev–Trinajstić information content (AvgIpc) is 3.15. The second-order valence-corrected chi connectivity index (χ2v) is 8.05. The Kier molecular flexibility index (Phi) is 5.51. The van der Waals surface area contributed by atoms with Crippen molar-refractivity contribution in [1.29, 1.82) is 0 Å². The van der Waals surface area contributed by atoms with E-state index < -0.39 is 11.8 Å². The van der Waals surface area contributed by atoms with Gasteiger partial charge in [0.25, 0.3) is 5.91 Å². The van der Waals surface area contributed by atoms with Crippen molar-refractivity contribution in [2.45, 2.75) is 13.0 Å². The second-order valence-electron chi connectivity index (χ2n) is 8.05. The first kappa shape index (κ1) is 21.3. The molecule has 0 spiro atoms. The van der Waals surface area contributed by atoms with Crippen LogP contribution in [-0.2, 0) is 17.8 Å². The third-order valence-corrected chi connectivity index (χ3v) is 5.66. The fourth-order valence-corrected chi connectivity index (χ4v) is 4.01. The molecule has 1 amide bonds. The van der Waals surface area contributed by atoms with E-state index in [1.165, 1.54) is 12.1 Å². The highest BCUT2D eigenvalue weighted by Crippen LogP contribution is 2.22. The largest absolute Gasteiger partial charge is 0.481 e. The van der Waals surface area contributed by atoms with E-state index >= 15 is 0 Å². The quantitative estimate of drug-likeness (QED) is 0.368. The van der Waals surface area contributed by atoms with Gasteiger partial charge in [0.2, 0.25) is 0 Å². The van der Waals surface area contributed by atoms with E-state index in [2.05, 4.69) is 10.4 Å². The van der Waals surface area contributed by atoms with Gasteiger partial charge in [0, 0.05) is 16.6 Å². The molecule has 1 heterocycles. The minimum absolute atomic E-state index is 0.197. The highest BCUT2D eigenvalue weighted by Gasteiger charge is 2.15. The lowest BCUT2D eigenvalue weighted by molar-refractivity contribution is -0.136. The molecular formula is C27H20FN3O3. The minimum atomic E-state index is -1.03. The summed E-state index contributed by atoms with van der Waals surface area (Å²) in [6.45, 7) is 0.376. The van der Waals surface area contributed by atoms with Crippen LogP contribution in [-0.4, -0.2) is 26.8 Å². The maximum Gasteiger partial charge on any atom is 0.309 e. The Labute approximate surface area is 194 Å². The number of anilines is 1. The van der Waals surface area contributed by atoms with E-state index in [0.29, 0.717) is 34.4 Å². The molecule has 7 heteroatoms. The summed E-state index contributed by atoms with van der Waals surface area (Å²) in [4.78, 5) is 23.9. The van der Waals surface area contributed by atoms with E-state index in [1.54, 1.807) is 28.9 Å².